The van der Waals surface area contributed by atoms with E-state index in [0.717, 1.165) is 26.1 Å². The van der Waals surface area contributed by atoms with E-state index in [1.807, 2.05) is 52.2 Å². The third-order valence-corrected chi connectivity index (χ3v) is 5.23. The lowest BCUT2D eigenvalue weighted by molar-refractivity contribution is 0.0663. The highest BCUT2D eigenvalue weighted by atomic mass is 16.2. The summed E-state index contributed by atoms with van der Waals surface area (Å²) in [5.74, 6) is -0.0544. The van der Waals surface area contributed by atoms with Crippen LogP contribution in [0.4, 0.5) is 0 Å². The van der Waals surface area contributed by atoms with E-state index in [1.54, 1.807) is 0 Å². The van der Waals surface area contributed by atoms with Crippen LogP contribution in [0.15, 0.2) is 47.5 Å². The van der Waals surface area contributed by atoms with Crippen LogP contribution in [0, 0.1) is 0 Å². The van der Waals surface area contributed by atoms with Crippen LogP contribution in [-0.4, -0.2) is 63.3 Å². The van der Waals surface area contributed by atoms with E-state index in [-0.39, 0.29) is 11.5 Å². The van der Waals surface area contributed by atoms with E-state index in [9.17, 15) is 9.59 Å². The van der Waals surface area contributed by atoms with E-state index in [0.29, 0.717) is 35.6 Å². The van der Waals surface area contributed by atoms with Gasteiger partial charge in [-0.05, 0) is 25.6 Å². The molecule has 4 rings (SSSR count). The molecule has 3 aliphatic rings. The van der Waals surface area contributed by atoms with Crippen molar-refractivity contribution in [3.63, 3.8) is 0 Å². The second-order valence-corrected chi connectivity index (χ2v) is 7.32. The lowest BCUT2D eigenvalue weighted by Gasteiger charge is -2.32. The van der Waals surface area contributed by atoms with Gasteiger partial charge in [0.25, 0.3) is 11.5 Å². The fourth-order valence-electron chi connectivity index (χ4n) is 3.63. The van der Waals surface area contributed by atoms with E-state index in [1.165, 1.54) is 4.68 Å². The Morgan fingerprint density at radius 3 is 2.46 bits per heavy atom. The SMILES string of the molecule is CCCn1cc(C(=O)N2CCN(C)CC2)c2nn(-c3ccccc3)c(=O)c-2c1. The Labute approximate surface area is 164 Å². The van der Waals surface area contributed by atoms with Crippen molar-refractivity contribution >= 4 is 5.91 Å². The summed E-state index contributed by atoms with van der Waals surface area (Å²) in [6.07, 6.45) is 4.57. The van der Waals surface area contributed by atoms with Crippen LogP contribution in [0.1, 0.15) is 23.7 Å². The molecule has 3 heterocycles. The third-order valence-electron chi connectivity index (χ3n) is 5.23. The largest absolute Gasteiger partial charge is 0.353 e. The fraction of sp³-hybridized carbons (Fsp3) is 0.381. The summed E-state index contributed by atoms with van der Waals surface area (Å²) >= 11 is 0. The Balaban J connectivity index is 1.82. The molecule has 0 aliphatic carbocycles. The number of hydrogen-bond acceptors (Lipinski definition) is 4. The molecule has 1 aromatic carbocycles. The molecule has 1 fully saturated rings. The Morgan fingerprint density at radius 1 is 1.07 bits per heavy atom. The van der Waals surface area contributed by atoms with Crippen LogP contribution in [0.25, 0.3) is 16.9 Å². The molecule has 0 N–H and O–H groups in total. The molecule has 146 valence electrons. The summed E-state index contributed by atoms with van der Waals surface area (Å²) < 4.78 is 3.33. The number of amides is 1. The lowest BCUT2D eigenvalue weighted by Crippen LogP contribution is -2.47. The highest BCUT2D eigenvalue weighted by Gasteiger charge is 2.28. The second kappa shape index (κ2) is 7.59. The van der Waals surface area contributed by atoms with Crippen LogP contribution < -0.4 is 5.56 Å². The monoisotopic (exact) mass is 379 g/mol. The number of carbonyl (C=O) groups is 1. The molecule has 0 radical (unpaired) electrons. The van der Waals surface area contributed by atoms with Gasteiger partial charge in [-0.15, -0.1) is 0 Å². The van der Waals surface area contributed by atoms with Crippen molar-refractivity contribution in [3.8, 4) is 16.9 Å². The van der Waals surface area contributed by atoms with Gasteiger partial charge in [0.1, 0.15) is 5.69 Å². The number of piperazine rings is 1. The lowest BCUT2D eigenvalue weighted by atomic mass is 10.1. The molecule has 1 aromatic rings. The maximum Gasteiger partial charge on any atom is 0.282 e. The minimum atomic E-state index is -0.195. The number of aryl methyl sites for hydroxylation is 1. The van der Waals surface area contributed by atoms with Crippen molar-refractivity contribution in [2.45, 2.75) is 19.9 Å². The summed E-state index contributed by atoms with van der Waals surface area (Å²) in [6.45, 7) is 5.88. The molecule has 0 saturated carbocycles. The predicted octanol–water partition coefficient (Wildman–Crippen LogP) is 1.94. The zero-order valence-electron chi connectivity index (χ0n) is 16.3. The average molecular weight is 379 g/mol. The first-order valence-electron chi connectivity index (χ1n) is 9.74. The Hall–Kier alpha value is -2.93. The van der Waals surface area contributed by atoms with Crippen LogP contribution in [0.5, 0.6) is 0 Å². The fourth-order valence-corrected chi connectivity index (χ4v) is 3.63. The number of fused-ring (bicyclic) bond motifs is 1. The molecule has 0 unspecified atom stereocenters. The van der Waals surface area contributed by atoms with Gasteiger partial charge in [-0.25, -0.2) is 0 Å². The summed E-state index contributed by atoms with van der Waals surface area (Å²) in [5.41, 5.74) is 1.97. The van der Waals surface area contributed by atoms with E-state index >= 15 is 0 Å². The normalized spacial score (nSPS) is 15.3. The molecule has 7 nitrogen and oxygen atoms in total. The van der Waals surface area contributed by atoms with Gasteiger partial charge in [0.2, 0.25) is 0 Å². The van der Waals surface area contributed by atoms with E-state index in [2.05, 4.69) is 24.0 Å². The van der Waals surface area contributed by atoms with Gasteiger partial charge >= 0.3 is 0 Å². The third kappa shape index (κ3) is 3.33. The molecule has 0 aromatic heterocycles. The minimum absolute atomic E-state index is 0.0544. The van der Waals surface area contributed by atoms with Crippen molar-refractivity contribution in [1.29, 1.82) is 0 Å². The van der Waals surface area contributed by atoms with E-state index < -0.39 is 0 Å². The van der Waals surface area contributed by atoms with Crippen LogP contribution in [-0.2, 0) is 6.54 Å². The van der Waals surface area contributed by atoms with Crippen LogP contribution >= 0.6 is 0 Å². The number of hydrogen-bond donors (Lipinski definition) is 0. The zero-order valence-corrected chi connectivity index (χ0v) is 16.3. The van der Waals surface area contributed by atoms with E-state index in [4.69, 9.17) is 0 Å². The highest BCUT2D eigenvalue weighted by molar-refractivity contribution is 6.00. The number of para-hydroxylation sites is 1. The maximum atomic E-state index is 13.3. The zero-order chi connectivity index (χ0) is 19.7. The van der Waals surface area contributed by atoms with Gasteiger partial charge in [0, 0.05) is 45.1 Å². The smallest absolute Gasteiger partial charge is 0.282 e. The summed E-state index contributed by atoms with van der Waals surface area (Å²) in [5, 5.41) is 4.55. The molecule has 0 bridgehead atoms. The van der Waals surface area contributed by atoms with Gasteiger partial charge in [-0.1, -0.05) is 25.1 Å². The van der Waals surface area contributed by atoms with Crippen LogP contribution in [0.2, 0.25) is 0 Å². The molecule has 28 heavy (non-hydrogen) atoms. The molecule has 0 spiro atoms. The number of likely N-dealkylation sites (N-methyl/N-ethyl adjacent to an activating group) is 1. The highest BCUT2D eigenvalue weighted by Crippen LogP contribution is 2.24. The van der Waals surface area contributed by atoms with Crippen molar-refractivity contribution in [3.05, 3.63) is 58.6 Å². The van der Waals surface area contributed by atoms with Gasteiger partial charge in [-0.2, -0.15) is 9.78 Å². The Bertz CT molecular complexity index is 999. The summed E-state index contributed by atoms with van der Waals surface area (Å²) in [6, 6.07) is 9.32. The standard InChI is InChI=1S/C21H25N5O2/c1-3-9-24-14-17(20(27)25-12-10-23(2)11-13-25)19-18(15-24)21(28)26(22-19)16-7-5-4-6-8-16/h4-8,14-15H,3,9-13H2,1-2H3. The quantitative estimate of drug-likeness (QED) is 0.695. The van der Waals surface area contributed by atoms with Crippen molar-refractivity contribution in [2.24, 2.45) is 0 Å². The van der Waals surface area contributed by atoms with Gasteiger partial charge in [-0.3, -0.25) is 9.59 Å². The Morgan fingerprint density at radius 2 is 1.79 bits per heavy atom. The predicted molar refractivity (Wildman–Crippen MR) is 108 cm³/mol. The number of rotatable bonds is 4. The Kier molecular flexibility index (Phi) is 5.00. The number of benzene rings is 1. The maximum absolute atomic E-state index is 13.3. The molecular weight excluding hydrogens is 354 g/mol. The van der Waals surface area contributed by atoms with Crippen molar-refractivity contribution in [2.75, 3.05) is 33.2 Å². The summed E-state index contributed by atoms with van der Waals surface area (Å²) in [7, 11) is 2.06. The second-order valence-electron chi connectivity index (χ2n) is 7.32. The van der Waals surface area contributed by atoms with Gasteiger partial charge < -0.3 is 14.4 Å². The van der Waals surface area contributed by atoms with Crippen molar-refractivity contribution in [1.82, 2.24) is 24.1 Å². The first-order chi connectivity index (χ1) is 13.6. The van der Waals surface area contributed by atoms with Crippen LogP contribution in [0.3, 0.4) is 0 Å². The first-order valence-corrected chi connectivity index (χ1v) is 9.74. The van der Waals surface area contributed by atoms with Crippen molar-refractivity contribution < 1.29 is 4.79 Å². The molecule has 1 saturated heterocycles. The molecular formula is C21H25N5O2. The molecule has 3 aliphatic heterocycles. The van der Waals surface area contributed by atoms with Gasteiger partial charge in [0.05, 0.1) is 16.8 Å². The topological polar surface area (TPSA) is 63.4 Å². The average Bonchev–Trinajstić information content (AvgIpc) is 3.05. The number of pyridine rings is 1. The first kappa shape index (κ1) is 18.4. The minimum Gasteiger partial charge on any atom is -0.353 e. The molecule has 7 heteroatoms. The number of nitrogens with zero attached hydrogens (tertiary/aromatic N) is 5. The number of aromatic nitrogens is 3. The van der Waals surface area contributed by atoms with Gasteiger partial charge in [0.15, 0.2) is 0 Å². The molecule has 1 amide bonds. The number of carbonyl (C=O) groups excluding carboxylic acids is 1. The summed E-state index contributed by atoms with van der Waals surface area (Å²) in [4.78, 5) is 30.4. The molecule has 0 atom stereocenters.